The summed E-state index contributed by atoms with van der Waals surface area (Å²) in [7, 11) is 2.72. The van der Waals surface area contributed by atoms with Gasteiger partial charge in [-0.3, -0.25) is 9.59 Å². The number of benzene rings is 2. The van der Waals surface area contributed by atoms with Crippen LogP contribution in [0, 0.1) is 5.82 Å². The van der Waals surface area contributed by atoms with Crippen LogP contribution in [-0.2, 0) is 16.1 Å². The Hall–Kier alpha value is -2.94. The Morgan fingerprint density at radius 1 is 1.03 bits per heavy atom. The summed E-state index contributed by atoms with van der Waals surface area (Å²) in [5.41, 5.74) is 1.10. The second kappa shape index (κ2) is 10.6. The van der Waals surface area contributed by atoms with Gasteiger partial charge in [-0.05, 0) is 51.8 Å². The van der Waals surface area contributed by atoms with Crippen molar-refractivity contribution in [3.63, 3.8) is 0 Å². The maximum Gasteiger partial charge on any atom is 0.341 e. The fourth-order valence-electron chi connectivity index (χ4n) is 2.48. The van der Waals surface area contributed by atoms with E-state index in [0.717, 1.165) is 6.07 Å². The highest BCUT2D eigenvalue weighted by Gasteiger charge is 2.14. The van der Waals surface area contributed by atoms with Crippen LogP contribution in [0.1, 0.15) is 32.7 Å². The predicted octanol–water partition coefficient (Wildman–Crippen LogP) is 2.82. The SMILES string of the molecule is COC(=O)c1cc(CNC(=O)CCNC(=O)c2cc(F)ccc2Br)ccc1OC. The van der Waals surface area contributed by atoms with E-state index in [0.29, 0.717) is 15.8 Å². The van der Waals surface area contributed by atoms with Crippen molar-refractivity contribution in [1.29, 1.82) is 0 Å². The standard InChI is InChI=1S/C20H20BrFN2O5/c1-28-17-6-3-12(9-15(17)20(27)29-2)11-24-18(25)7-8-23-19(26)14-10-13(22)4-5-16(14)21/h3-6,9-10H,7-8,11H2,1-2H3,(H,23,26)(H,24,25). The lowest BCUT2D eigenvalue weighted by atomic mass is 10.1. The van der Waals surface area contributed by atoms with E-state index in [1.54, 1.807) is 18.2 Å². The number of hydrogen-bond acceptors (Lipinski definition) is 5. The van der Waals surface area contributed by atoms with E-state index in [1.807, 2.05) is 0 Å². The van der Waals surface area contributed by atoms with Crippen LogP contribution >= 0.6 is 15.9 Å². The van der Waals surface area contributed by atoms with Gasteiger partial charge in [0.25, 0.3) is 5.91 Å². The molecule has 2 N–H and O–H groups in total. The van der Waals surface area contributed by atoms with E-state index in [4.69, 9.17) is 9.47 Å². The van der Waals surface area contributed by atoms with Crippen molar-refractivity contribution in [2.24, 2.45) is 0 Å². The zero-order chi connectivity index (χ0) is 21.4. The highest BCUT2D eigenvalue weighted by atomic mass is 79.9. The molecular formula is C20H20BrFN2O5. The molecule has 0 aromatic heterocycles. The number of carbonyl (C=O) groups is 3. The number of ether oxygens (including phenoxy) is 2. The molecule has 0 saturated carbocycles. The Labute approximate surface area is 175 Å². The second-order valence-electron chi connectivity index (χ2n) is 5.93. The van der Waals surface area contributed by atoms with Gasteiger partial charge in [0.05, 0.1) is 19.8 Å². The van der Waals surface area contributed by atoms with Crippen LogP contribution in [0.15, 0.2) is 40.9 Å². The van der Waals surface area contributed by atoms with E-state index >= 15 is 0 Å². The quantitative estimate of drug-likeness (QED) is 0.583. The van der Waals surface area contributed by atoms with Gasteiger partial charge in [0.15, 0.2) is 0 Å². The number of methoxy groups -OCH3 is 2. The molecule has 0 atom stereocenters. The van der Waals surface area contributed by atoms with Gasteiger partial charge in [-0.15, -0.1) is 0 Å². The smallest absolute Gasteiger partial charge is 0.341 e. The average molecular weight is 467 g/mol. The molecule has 2 rings (SSSR count). The fourth-order valence-corrected chi connectivity index (χ4v) is 2.91. The predicted molar refractivity (Wildman–Crippen MR) is 107 cm³/mol. The first kappa shape index (κ1) is 22.4. The van der Waals surface area contributed by atoms with E-state index in [-0.39, 0.29) is 36.5 Å². The van der Waals surface area contributed by atoms with Crippen molar-refractivity contribution in [3.8, 4) is 5.75 Å². The summed E-state index contributed by atoms with van der Waals surface area (Å²) in [4.78, 5) is 35.9. The Bertz CT molecular complexity index is 920. The first-order valence-electron chi connectivity index (χ1n) is 8.61. The molecule has 0 saturated heterocycles. The van der Waals surface area contributed by atoms with Crippen molar-refractivity contribution >= 4 is 33.7 Å². The van der Waals surface area contributed by atoms with Crippen LogP contribution in [0.5, 0.6) is 5.75 Å². The van der Waals surface area contributed by atoms with Crippen molar-refractivity contribution in [2.75, 3.05) is 20.8 Å². The van der Waals surface area contributed by atoms with E-state index in [1.165, 1.54) is 26.4 Å². The molecule has 0 fully saturated rings. The fraction of sp³-hybridized carbons (Fsp3) is 0.250. The summed E-state index contributed by atoms with van der Waals surface area (Å²) in [6.45, 7) is 0.278. The van der Waals surface area contributed by atoms with Gasteiger partial charge < -0.3 is 20.1 Å². The van der Waals surface area contributed by atoms with Gasteiger partial charge in [-0.2, -0.15) is 0 Å². The number of nitrogens with one attached hydrogen (secondary N) is 2. The minimum absolute atomic E-state index is 0.0404. The third kappa shape index (κ3) is 6.28. The number of esters is 1. The van der Waals surface area contributed by atoms with Gasteiger partial charge in [0.2, 0.25) is 5.91 Å². The molecule has 0 aliphatic carbocycles. The van der Waals surface area contributed by atoms with Crippen molar-refractivity contribution in [1.82, 2.24) is 10.6 Å². The van der Waals surface area contributed by atoms with E-state index in [2.05, 4.69) is 26.6 Å². The maximum atomic E-state index is 13.3. The summed E-state index contributed by atoms with van der Waals surface area (Å²) < 4.78 is 23.6. The lowest BCUT2D eigenvalue weighted by molar-refractivity contribution is -0.121. The van der Waals surface area contributed by atoms with Crippen LogP contribution in [0.3, 0.4) is 0 Å². The molecule has 2 aromatic carbocycles. The summed E-state index contributed by atoms with van der Waals surface area (Å²) in [6, 6.07) is 8.70. The second-order valence-corrected chi connectivity index (χ2v) is 6.79. The Kier molecular flexibility index (Phi) is 8.14. The number of hydrogen-bond donors (Lipinski definition) is 2. The molecule has 29 heavy (non-hydrogen) atoms. The summed E-state index contributed by atoms with van der Waals surface area (Å²) in [5.74, 6) is -1.47. The van der Waals surface area contributed by atoms with Crippen LogP contribution in [0.25, 0.3) is 0 Å². The largest absolute Gasteiger partial charge is 0.496 e. The Balaban J connectivity index is 1.85. The number of amides is 2. The highest BCUT2D eigenvalue weighted by molar-refractivity contribution is 9.10. The van der Waals surface area contributed by atoms with Crippen LogP contribution < -0.4 is 15.4 Å². The zero-order valence-electron chi connectivity index (χ0n) is 15.9. The monoisotopic (exact) mass is 466 g/mol. The van der Waals surface area contributed by atoms with E-state index in [9.17, 15) is 18.8 Å². The Morgan fingerprint density at radius 2 is 1.79 bits per heavy atom. The molecule has 0 heterocycles. The third-order valence-electron chi connectivity index (χ3n) is 3.97. The molecule has 0 bridgehead atoms. The zero-order valence-corrected chi connectivity index (χ0v) is 17.5. The summed E-state index contributed by atoms with van der Waals surface area (Å²) in [6.07, 6.45) is 0.0404. The molecular weight excluding hydrogens is 447 g/mol. The molecule has 2 amide bonds. The topological polar surface area (TPSA) is 93.7 Å². The summed E-state index contributed by atoms with van der Waals surface area (Å²) in [5, 5.41) is 5.27. The first-order valence-corrected chi connectivity index (χ1v) is 9.40. The normalized spacial score (nSPS) is 10.2. The van der Waals surface area contributed by atoms with Gasteiger partial charge in [-0.25, -0.2) is 9.18 Å². The van der Waals surface area contributed by atoms with Crippen molar-refractivity contribution < 1.29 is 28.2 Å². The van der Waals surface area contributed by atoms with Crippen LogP contribution in [0.4, 0.5) is 4.39 Å². The van der Waals surface area contributed by atoms with Gasteiger partial charge in [-0.1, -0.05) is 6.07 Å². The molecule has 9 heteroatoms. The van der Waals surface area contributed by atoms with Crippen LogP contribution in [-0.4, -0.2) is 38.5 Å². The lowest BCUT2D eigenvalue weighted by Gasteiger charge is -2.11. The average Bonchev–Trinajstić information content (AvgIpc) is 2.73. The molecule has 0 unspecified atom stereocenters. The van der Waals surface area contributed by atoms with Crippen LogP contribution in [0.2, 0.25) is 0 Å². The maximum absolute atomic E-state index is 13.3. The highest BCUT2D eigenvalue weighted by Crippen LogP contribution is 2.21. The first-order chi connectivity index (χ1) is 13.8. The number of halogens is 2. The minimum Gasteiger partial charge on any atom is -0.496 e. The van der Waals surface area contributed by atoms with E-state index < -0.39 is 17.7 Å². The molecule has 0 radical (unpaired) electrons. The molecule has 0 spiro atoms. The Morgan fingerprint density at radius 3 is 2.48 bits per heavy atom. The molecule has 154 valence electrons. The number of rotatable bonds is 8. The molecule has 2 aromatic rings. The van der Waals surface area contributed by atoms with Crippen molar-refractivity contribution in [3.05, 3.63) is 63.4 Å². The van der Waals surface area contributed by atoms with Gasteiger partial charge >= 0.3 is 5.97 Å². The number of carbonyl (C=O) groups excluding carboxylic acids is 3. The van der Waals surface area contributed by atoms with Gasteiger partial charge in [0, 0.05) is 24.0 Å². The van der Waals surface area contributed by atoms with Gasteiger partial charge in [0.1, 0.15) is 17.1 Å². The minimum atomic E-state index is -0.541. The molecule has 7 nitrogen and oxygen atoms in total. The lowest BCUT2D eigenvalue weighted by Crippen LogP contribution is -2.30. The molecule has 0 aliphatic rings. The van der Waals surface area contributed by atoms with Crippen molar-refractivity contribution in [2.45, 2.75) is 13.0 Å². The molecule has 0 aliphatic heterocycles. The third-order valence-corrected chi connectivity index (χ3v) is 4.66. The summed E-state index contributed by atoms with van der Waals surface area (Å²) >= 11 is 3.19.